The first kappa shape index (κ1) is 17.5. The number of carbonyl (C=O) groups excluding carboxylic acids is 1. The maximum absolute atomic E-state index is 11.7. The monoisotopic (exact) mass is 370 g/mol. The van der Waals surface area contributed by atoms with Gasteiger partial charge in [0.2, 0.25) is 0 Å². The summed E-state index contributed by atoms with van der Waals surface area (Å²) in [6.45, 7) is 10.7. The number of aryl methyl sites for hydroxylation is 2. The van der Waals surface area contributed by atoms with E-state index in [-0.39, 0.29) is 12.5 Å². The number of carbonyl (C=O) groups is 1. The molecule has 2 heterocycles. The molecule has 2 aromatic heterocycles. The number of para-hydroxylation sites is 1. The summed E-state index contributed by atoms with van der Waals surface area (Å²) in [7, 11) is 0. The van der Waals surface area contributed by atoms with Gasteiger partial charge in [0.05, 0.1) is 23.6 Å². The molecular formula is C21H18N6O. The molecule has 4 aromatic rings. The molecule has 2 N–H and O–H groups in total. The van der Waals surface area contributed by atoms with Gasteiger partial charge in [0, 0.05) is 11.4 Å². The molecule has 0 saturated heterocycles. The molecular weight excluding hydrogens is 352 g/mol. The highest BCUT2D eigenvalue weighted by Crippen LogP contribution is 2.29. The van der Waals surface area contributed by atoms with E-state index in [1.807, 2.05) is 22.6 Å². The van der Waals surface area contributed by atoms with Crippen LogP contribution in [-0.4, -0.2) is 26.8 Å². The van der Waals surface area contributed by atoms with Gasteiger partial charge < -0.3 is 15.5 Å². The molecule has 0 aliphatic carbocycles. The van der Waals surface area contributed by atoms with Gasteiger partial charge in [0.1, 0.15) is 5.52 Å². The van der Waals surface area contributed by atoms with Crippen molar-refractivity contribution < 1.29 is 4.79 Å². The molecule has 138 valence electrons. The maximum Gasteiger partial charge on any atom is 0.304 e. The van der Waals surface area contributed by atoms with E-state index >= 15 is 0 Å². The highest BCUT2D eigenvalue weighted by atomic mass is 16.1. The molecule has 7 heteroatoms. The number of imidazole rings is 1. The Labute approximate surface area is 161 Å². The van der Waals surface area contributed by atoms with Crippen LogP contribution in [-0.2, 0) is 4.79 Å². The molecule has 7 nitrogen and oxygen atoms in total. The van der Waals surface area contributed by atoms with Gasteiger partial charge in [-0.25, -0.2) is 16.5 Å². The third kappa shape index (κ3) is 3.12. The zero-order valence-electron chi connectivity index (χ0n) is 15.5. The summed E-state index contributed by atoms with van der Waals surface area (Å²) in [5, 5.41) is 6.18. The predicted molar refractivity (Wildman–Crippen MR) is 110 cm³/mol. The fourth-order valence-corrected chi connectivity index (χ4v) is 3.22. The van der Waals surface area contributed by atoms with Crippen LogP contribution in [0.3, 0.4) is 0 Å². The van der Waals surface area contributed by atoms with Crippen LogP contribution >= 0.6 is 0 Å². The highest BCUT2D eigenvalue weighted by molar-refractivity contribution is 5.96. The smallest absolute Gasteiger partial charge is 0.304 e. The average Bonchev–Trinajstić information content (AvgIpc) is 3.16. The van der Waals surface area contributed by atoms with Crippen LogP contribution in [0.5, 0.6) is 0 Å². The van der Waals surface area contributed by atoms with E-state index in [9.17, 15) is 4.79 Å². The molecule has 0 saturated carbocycles. The Hall–Kier alpha value is -3.92. The number of hydrogen-bond donors (Lipinski definition) is 2. The van der Waals surface area contributed by atoms with Crippen molar-refractivity contribution in [3.8, 4) is 0 Å². The molecule has 28 heavy (non-hydrogen) atoms. The van der Waals surface area contributed by atoms with Gasteiger partial charge in [-0.2, -0.15) is 0 Å². The standard InChI is InChI=1S/C21H18N6O/c1-13-5-4-6-14(2)20(13)26-21-18-10-23-12-27(18)17-9-15(7-8-16(17)25-21)24-19(28)11-22-3/h4-10,12H,11H2,1-2H3,(H,24,28)(H,25,26). The number of rotatable bonds is 4. The van der Waals surface area contributed by atoms with Crippen molar-refractivity contribution in [2.75, 3.05) is 17.2 Å². The fourth-order valence-electron chi connectivity index (χ4n) is 3.22. The van der Waals surface area contributed by atoms with Gasteiger partial charge in [0.25, 0.3) is 6.54 Å². The van der Waals surface area contributed by atoms with Crippen molar-refractivity contribution in [1.29, 1.82) is 0 Å². The minimum Gasteiger partial charge on any atom is -0.338 e. The lowest BCUT2D eigenvalue weighted by atomic mass is 10.1. The zero-order chi connectivity index (χ0) is 19.7. The van der Waals surface area contributed by atoms with Crippen molar-refractivity contribution in [2.24, 2.45) is 0 Å². The molecule has 0 bridgehead atoms. The summed E-state index contributed by atoms with van der Waals surface area (Å²) in [6.07, 6.45) is 3.48. The van der Waals surface area contributed by atoms with Gasteiger partial charge in [0.15, 0.2) is 5.82 Å². The predicted octanol–water partition coefficient (Wildman–Crippen LogP) is 4.10. The summed E-state index contributed by atoms with van der Waals surface area (Å²) in [5.41, 5.74) is 6.34. The first-order valence-electron chi connectivity index (χ1n) is 8.79. The quantitative estimate of drug-likeness (QED) is 0.530. The van der Waals surface area contributed by atoms with Crippen LogP contribution in [0.15, 0.2) is 48.9 Å². The Kier molecular flexibility index (Phi) is 4.38. The summed E-state index contributed by atoms with van der Waals surface area (Å²) >= 11 is 0. The molecule has 2 aromatic carbocycles. The third-order valence-corrected chi connectivity index (χ3v) is 4.58. The van der Waals surface area contributed by atoms with Crippen molar-refractivity contribution in [1.82, 2.24) is 14.4 Å². The van der Waals surface area contributed by atoms with Gasteiger partial charge in [-0.1, -0.05) is 18.2 Å². The maximum atomic E-state index is 11.7. The minimum absolute atomic E-state index is 0.199. The van der Waals surface area contributed by atoms with Crippen LogP contribution in [0.1, 0.15) is 11.1 Å². The Morgan fingerprint density at radius 2 is 1.96 bits per heavy atom. The van der Waals surface area contributed by atoms with Crippen molar-refractivity contribution in [2.45, 2.75) is 13.8 Å². The summed E-state index contributed by atoms with van der Waals surface area (Å²) in [5.74, 6) is 0.379. The number of anilines is 3. The number of nitrogens with zero attached hydrogens (tertiary/aromatic N) is 4. The Balaban J connectivity index is 1.80. The van der Waals surface area contributed by atoms with E-state index < -0.39 is 0 Å². The lowest BCUT2D eigenvalue weighted by Gasteiger charge is -2.14. The number of fused-ring (bicyclic) bond motifs is 3. The number of nitrogens with one attached hydrogen (secondary N) is 2. The Morgan fingerprint density at radius 1 is 1.18 bits per heavy atom. The SMILES string of the molecule is [C-]#[N+]CC(=O)Nc1ccc2nc(Nc3c(C)cccc3C)c3cncn3c2c1. The third-order valence-electron chi connectivity index (χ3n) is 4.58. The molecule has 1 amide bonds. The van der Waals surface area contributed by atoms with E-state index in [1.54, 1.807) is 18.6 Å². The average molecular weight is 370 g/mol. The summed E-state index contributed by atoms with van der Waals surface area (Å²) in [6, 6.07) is 11.6. The molecule has 4 rings (SSSR count). The Morgan fingerprint density at radius 3 is 2.71 bits per heavy atom. The number of hydrogen-bond acceptors (Lipinski definition) is 4. The summed E-state index contributed by atoms with van der Waals surface area (Å²) < 4.78 is 1.93. The zero-order valence-corrected chi connectivity index (χ0v) is 15.5. The largest absolute Gasteiger partial charge is 0.338 e. The second-order valence-corrected chi connectivity index (χ2v) is 6.57. The van der Waals surface area contributed by atoms with Crippen LogP contribution in [0.25, 0.3) is 21.4 Å². The normalized spacial score (nSPS) is 10.8. The molecule has 0 unspecified atom stereocenters. The van der Waals surface area contributed by atoms with E-state index in [1.165, 1.54) is 0 Å². The van der Waals surface area contributed by atoms with Crippen molar-refractivity contribution in [3.63, 3.8) is 0 Å². The number of aromatic nitrogens is 3. The molecule has 0 atom stereocenters. The van der Waals surface area contributed by atoms with E-state index in [0.717, 1.165) is 33.4 Å². The van der Waals surface area contributed by atoms with Gasteiger partial charge >= 0.3 is 5.91 Å². The topological polar surface area (TPSA) is 75.7 Å². The number of amides is 1. The number of benzene rings is 2. The first-order valence-corrected chi connectivity index (χ1v) is 8.79. The van der Waals surface area contributed by atoms with E-state index in [2.05, 4.69) is 46.4 Å². The fraction of sp³-hybridized carbons (Fsp3) is 0.143. The van der Waals surface area contributed by atoms with Gasteiger partial charge in [-0.05, 0) is 43.2 Å². The lowest BCUT2D eigenvalue weighted by molar-refractivity contribution is -0.114. The van der Waals surface area contributed by atoms with Crippen molar-refractivity contribution >= 4 is 39.6 Å². The van der Waals surface area contributed by atoms with E-state index in [4.69, 9.17) is 11.6 Å². The molecule has 0 aliphatic heterocycles. The highest BCUT2D eigenvalue weighted by Gasteiger charge is 2.13. The molecule has 0 radical (unpaired) electrons. The lowest BCUT2D eigenvalue weighted by Crippen LogP contribution is -2.13. The van der Waals surface area contributed by atoms with Crippen LogP contribution in [0, 0.1) is 20.4 Å². The second-order valence-electron chi connectivity index (χ2n) is 6.57. The summed E-state index contributed by atoms with van der Waals surface area (Å²) in [4.78, 5) is 23.9. The first-order chi connectivity index (χ1) is 13.6. The molecule has 0 spiro atoms. The minimum atomic E-state index is -0.336. The Bertz CT molecular complexity index is 1230. The second kappa shape index (κ2) is 7.00. The van der Waals surface area contributed by atoms with E-state index in [0.29, 0.717) is 11.5 Å². The van der Waals surface area contributed by atoms with Crippen LogP contribution < -0.4 is 10.6 Å². The molecule has 0 fully saturated rings. The molecule has 0 aliphatic rings. The van der Waals surface area contributed by atoms with Gasteiger partial charge in [-0.15, -0.1) is 0 Å². The van der Waals surface area contributed by atoms with Crippen molar-refractivity contribution in [3.05, 3.63) is 71.5 Å². The van der Waals surface area contributed by atoms with Gasteiger partial charge in [-0.3, -0.25) is 9.20 Å². The van der Waals surface area contributed by atoms with Crippen LogP contribution in [0.2, 0.25) is 0 Å². The van der Waals surface area contributed by atoms with Crippen LogP contribution in [0.4, 0.5) is 17.2 Å².